The van der Waals surface area contributed by atoms with Gasteiger partial charge in [-0.05, 0) is 67.5 Å². The Kier molecular flexibility index (Phi) is 6.39. The standard InChI is InChI=1S/C40H29N5S/c41-24-25-17-19-26(20-18-25)28-11-8-12-29(21-28)39-42-38(27-9-2-1-3-10-27)43-40(44-39)45-34-15-6-4-13-30(34)32-23-37-33(22-35(32)45)31-14-5-7-16-36(31)46-37/h1-16,21-23,25-26H,17-20H2. The molecule has 46 heavy (non-hydrogen) atoms. The van der Waals surface area contributed by atoms with Gasteiger partial charge >= 0.3 is 0 Å². The number of rotatable bonds is 4. The summed E-state index contributed by atoms with van der Waals surface area (Å²) in [6, 6.07) is 43.1. The minimum atomic E-state index is 0.179. The van der Waals surface area contributed by atoms with Crippen LogP contribution in [0.3, 0.4) is 0 Å². The fourth-order valence-corrected chi connectivity index (χ4v) is 8.33. The van der Waals surface area contributed by atoms with Crippen LogP contribution < -0.4 is 0 Å². The van der Waals surface area contributed by atoms with Crippen LogP contribution in [-0.2, 0) is 0 Å². The summed E-state index contributed by atoms with van der Waals surface area (Å²) in [6.45, 7) is 0. The second kappa shape index (κ2) is 10.9. The molecule has 0 aliphatic heterocycles. The Morgan fingerprint density at radius 2 is 1.30 bits per heavy atom. The molecule has 0 unspecified atom stereocenters. The van der Waals surface area contributed by atoms with Crippen LogP contribution >= 0.6 is 11.3 Å². The van der Waals surface area contributed by atoms with Crippen molar-refractivity contribution in [2.24, 2.45) is 5.92 Å². The summed E-state index contributed by atoms with van der Waals surface area (Å²) in [5.41, 5.74) is 5.37. The second-order valence-corrected chi connectivity index (χ2v) is 13.4. The van der Waals surface area contributed by atoms with Gasteiger partial charge in [0.05, 0.1) is 17.1 Å². The second-order valence-electron chi connectivity index (χ2n) is 12.3. The van der Waals surface area contributed by atoms with Crippen molar-refractivity contribution in [1.82, 2.24) is 19.5 Å². The normalized spacial score (nSPS) is 16.8. The van der Waals surface area contributed by atoms with E-state index in [1.165, 1.54) is 36.5 Å². The fraction of sp³-hybridized carbons (Fsp3) is 0.150. The van der Waals surface area contributed by atoms with Gasteiger partial charge in [0.25, 0.3) is 0 Å². The van der Waals surface area contributed by atoms with Gasteiger partial charge in [-0.1, -0.05) is 84.9 Å². The van der Waals surface area contributed by atoms with Crippen molar-refractivity contribution in [3.05, 3.63) is 121 Å². The molecule has 3 heterocycles. The van der Waals surface area contributed by atoms with E-state index in [0.717, 1.165) is 47.8 Å². The number of nitriles is 1. The summed E-state index contributed by atoms with van der Waals surface area (Å²) in [4.78, 5) is 15.4. The third-order valence-corrected chi connectivity index (χ3v) is 10.7. The van der Waals surface area contributed by atoms with Gasteiger partial charge in [-0.3, -0.25) is 4.57 Å². The fourth-order valence-electron chi connectivity index (χ4n) is 7.20. The molecule has 1 fully saturated rings. The number of fused-ring (bicyclic) bond motifs is 6. The summed E-state index contributed by atoms with van der Waals surface area (Å²) in [5.74, 6) is 2.53. The molecule has 0 spiro atoms. The van der Waals surface area contributed by atoms with E-state index in [1.54, 1.807) is 0 Å². The topological polar surface area (TPSA) is 67.4 Å². The maximum absolute atomic E-state index is 9.41. The van der Waals surface area contributed by atoms with Crippen LogP contribution in [0.25, 0.3) is 70.7 Å². The zero-order valence-corrected chi connectivity index (χ0v) is 25.9. The lowest BCUT2D eigenvalue weighted by Gasteiger charge is -2.25. The number of nitrogens with zero attached hydrogens (tertiary/aromatic N) is 5. The number of hydrogen-bond donors (Lipinski definition) is 0. The maximum atomic E-state index is 9.41. The van der Waals surface area contributed by atoms with Crippen molar-refractivity contribution in [2.45, 2.75) is 31.6 Å². The van der Waals surface area contributed by atoms with E-state index in [9.17, 15) is 5.26 Å². The van der Waals surface area contributed by atoms with Crippen LogP contribution in [0, 0.1) is 17.2 Å². The van der Waals surface area contributed by atoms with Crippen molar-refractivity contribution in [3.8, 4) is 34.8 Å². The van der Waals surface area contributed by atoms with Crippen LogP contribution in [0.15, 0.2) is 115 Å². The van der Waals surface area contributed by atoms with Crippen molar-refractivity contribution in [2.75, 3.05) is 0 Å². The molecule has 0 radical (unpaired) electrons. The molecule has 0 atom stereocenters. The first kappa shape index (κ1) is 27.0. The van der Waals surface area contributed by atoms with E-state index < -0.39 is 0 Å². The smallest absolute Gasteiger partial charge is 0.238 e. The summed E-state index contributed by atoms with van der Waals surface area (Å²) < 4.78 is 4.77. The molecule has 6 heteroatoms. The highest BCUT2D eigenvalue weighted by Crippen LogP contribution is 2.41. The van der Waals surface area contributed by atoms with E-state index >= 15 is 0 Å². The Labute approximate surface area is 270 Å². The molecule has 5 aromatic carbocycles. The third-order valence-electron chi connectivity index (χ3n) is 9.55. The molecule has 0 bridgehead atoms. The molecule has 220 valence electrons. The molecule has 0 N–H and O–H groups in total. The monoisotopic (exact) mass is 611 g/mol. The zero-order chi connectivity index (χ0) is 30.6. The molecule has 3 aromatic heterocycles. The van der Waals surface area contributed by atoms with Crippen LogP contribution in [0.5, 0.6) is 0 Å². The molecule has 1 aliphatic carbocycles. The highest BCUT2D eigenvalue weighted by molar-refractivity contribution is 7.25. The average molecular weight is 612 g/mol. The SMILES string of the molecule is N#CC1CCC(c2cccc(-c3nc(-c4ccccc4)nc(-n4c5ccccc5c5cc6sc7ccccc7c6cc54)n3)c2)CC1. The van der Waals surface area contributed by atoms with Gasteiger partial charge in [0, 0.05) is 48.0 Å². The Morgan fingerprint density at radius 1 is 0.587 bits per heavy atom. The molecule has 1 saturated carbocycles. The lowest BCUT2D eigenvalue weighted by molar-refractivity contribution is 0.382. The van der Waals surface area contributed by atoms with Gasteiger partial charge in [0.2, 0.25) is 5.95 Å². The molecule has 9 rings (SSSR count). The predicted molar refractivity (Wildman–Crippen MR) is 188 cm³/mol. The molecule has 5 nitrogen and oxygen atoms in total. The molecular formula is C40H29N5S. The van der Waals surface area contributed by atoms with Crippen molar-refractivity contribution in [1.29, 1.82) is 5.26 Å². The van der Waals surface area contributed by atoms with Gasteiger partial charge in [0.15, 0.2) is 11.6 Å². The summed E-state index contributed by atoms with van der Waals surface area (Å²) >= 11 is 1.84. The molecule has 8 aromatic rings. The Morgan fingerprint density at radius 3 is 2.13 bits per heavy atom. The van der Waals surface area contributed by atoms with Gasteiger partial charge in [-0.15, -0.1) is 11.3 Å². The Balaban J connectivity index is 1.27. The van der Waals surface area contributed by atoms with E-state index in [4.69, 9.17) is 15.0 Å². The Hall–Kier alpha value is -5.38. The predicted octanol–water partition coefficient (Wildman–Crippen LogP) is 10.5. The summed E-state index contributed by atoms with van der Waals surface area (Å²) in [6.07, 6.45) is 3.98. The minimum Gasteiger partial charge on any atom is -0.278 e. The molecule has 1 aliphatic rings. The number of benzene rings is 5. The van der Waals surface area contributed by atoms with Crippen LogP contribution in [-0.4, -0.2) is 19.5 Å². The maximum Gasteiger partial charge on any atom is 0.238 e. The highest BCUT2D eigenvalue weighted by atomic mass is 32.1. The van der Waals surface area contributed by atoms with Crippen molar-refractivity contribution < 1.29 is 0 Å². The first-order chi connectivity index (χ1) is 22.7. The van der Waals surface area contributed by atoms with Crippen LogP contribution in [0.4, 0.5) is 0 Å². The zero-order valence-electron chi connectivity index (χ0n) is 25.1. The first-order valence-corrected chi connectivity index (χ1v) is 16.7. The number of hydrogen-bond acceptors (Lipinski definition) is 5. The van der Waals surface area contributed by atoms with Crippen LogP contribution in [0.1, 0.15) is 37.2 Å². The average Bonchev–Trinajstić information content (AvgIpc) is 3.65. The minimum absolute atomic E-state index is 0.179. The molecular weight excluding hydrogens is 583 g/mol. The number of thiophene rings is 1. The lowest BCUT2D eigenvalue weighted by atomic mass is 9.79. The van der Waals surface area contributed by atoms with Crippen LogP contribution in [0.2, 0.25) is 0 Å². The van der Waals surface area contributed by atoms with Gasteiger partial charge in [0.1, 0.15) is 0 Å². The van der Waals surface area contributed by atoms with Crippen molar-refractivity contribution >= 4 is 53.3 Å². The largest absolute Gasteiger partial charge is 0.278 e. The lowest BCUT2D eigenvalue weighted by Crippen LogP contribution is -2.12. The highest BCUT2D eigenvalue weighted by Gasteiger charge is 2.23. The van der Waals surface area contributed by atoms with E-state index in [0.29, 0.717) is 23.5 Å². The van der Waals surface area contributed by atoms with Gasteiger partial charge < -0.3 is 0 Å². The Bertz CT molecular complexity index is 2460. The van der Waals surface area contributed by atoms with Gasteiger partial charge in [-0.2, -0.15) is 15.2 Å². The van der Waals surface area contributed by atoms with E-state index in [-0.39, 0.29) is 5.92 Å². The third kappa shape index (κ3) is 4.47. The summed E-state index contributed by atoms with van der Waals surface area (Å²) in [7, 11) is 0. The first-order valence-electron chi connectivity index (χ1n) is 15.9. The van der Waals surface area contributed by atoms with E-state index in [1.807, 2.05) is 29.5 Å². The van der Waals surface area contributed by atoms with Crippen molar-refractivity contribution in [3.63, 3.8) is 0 Å². The molecule has 0 amide bonds. The quantitative estimate of drug-likeness (QED) is 0.199. The van der Waals surface area contributed by atoms with Gasteiger partial charge in [-0.25, -0.2) is 4.98 Å². The molecule has 0 saturated heterocycles. The van der Waals surface area contributed by atoms with E-state index in [2.05, 4.69) is 108 Å². The summed E-state index contributed by atoms with van der Waals surface area (Å²) in [5, 5.41) is 14.3. The number of para-hydroxylation sites is 1. The number of aromatic nitrogens is 4.